The van der Waals surface area contributed by atoms with Crippen LogP contribution in [0.3, 0.4) is 0 Å². The highest BCUT2D eigenvalue weighted by molar-refractivity contribution is 5.18. The van der Waals surface area contributed by atoms with Crippen molar-refractivity contribution in [2.45, 2.75) is 13.3 Å². The van der Waals surface area contributed by atoms with Gasteiger partial charge in [0.05, 0.1) is 12.5 Å². The molecule has 0 aliphatic rings. The first kappa shape index (κ1) is 7.55. The number of nitrogens with zero attached hydrogens (tertiary/aromatic N) is 1. The van der Waals surface area contributed by atoms with Gasteiger partial charge in [0, 0.05) is 11.8 Å². The van der Waals surface area contributed by atoms with Crippen LogP contribution in [0.1, 0.15) is 11.3 Å². The molecule has 1 heterocycles. The van der Waals surface area contributed by atoms with Gasteiger partial charge in [0.1, 0.15) is 0 Å². The van der Waals surface area contributed by atoms with Crippen molar-refractivity contribution >= 4 is 0 Å². The van der Waals surface area contributed by atoms with Crippen molar-refractivity contribution in [3.63, 3.8) is 0 Å². The Hall–Kier alpha value is -1.56. The maximum absolute atomic E-state index is 10.8. The Kier molecular flexibility index (Phi) is 2.07. The zero-order valence-electron chi connectivity index (χ0n) is 6.22. The maximum Gasteiger partial charge on any atom is 0.248 e. The molecule has 1 aromatic rings. The molecule has 1 aromatic heterocycles. The first-order chi connectivity index (χ1) is 5.22. The fourth-order valence-corrected chi connectivity index (χ4v) is 0.948. The van der Waals surface area contributed by atoms with Crippen molar-refractivity contribution < 1.29 is 0 Å². The third kappa shape index (κ3) is 1.94. The minimum atomic E-state index is -0.143. The van der Waals surface area contributed by atoms with Crippen LogP contribution in [0.25, 0.3) is 0 Å². The lowest BCUT2D eigenvalue weighted by Gasteiger charge is -1.94. The molecule has 0 radical (unpaired) electrons. The van der Waals surface area contributed by atoms with Crippen LogP contribution in [0.4, 0.5) is 0 Å². The molecule has 0 aliphatic carbocycles. The summed E-state index contributed by atoms with van der Waals surface area (Å²) in [6, 6.07) is 5.22. The van der Waals surface area contributed by atoms with Gasteiger partial charge in [-0.15, -0.1) is 0 Å². The van der Waals surface area contributed by atoms with Crippen LogP contribution >= 0.6 is 0 Å². The monoisotopic (exact) mass is 148 g/mol. The van der Waals surface area contributed by atoms with Gasteiger partial charge < -0.3 is 4.98 Å². The smallest absolute Gasteiger partial charge is 0.248 e. The van der Waals surface area contributed by atoms with Gasteiger partial charge in [-0.05, 0) is 18.6 Å². The molecule has 3 nitrogen and oxygen atoms in total. The Morgan fingerprint density at radius 2 is 2.36 bits per heavy atom. The summed E-state index contributed by atoms with van der Waals surface area (Å²) in [4.78, 5) is 13.4. The van der Waals surface area contributed by atoms with Gasteiger partial charge in [-0.1, -0.05) is 0 Å². The Labute approximate surface area is 64.3 Å². The number of nitriles is 1. The van der Waals surface area contributed by atoms with E-state index in [1.165, 1.54) is 6.07 Å². The van der Waals surface area contributed by atoms with Crippen molar-refractivity contribution in [3.8, 4) is 6.07 Å². The molecule has 1 rings (SSSR count). The highest BCUT2D eigenvalue weighted by Crippen LogP contribution is 1.96. The van der Waals surface area contributed by atoms with Gasteiger partial charge in [-0.2, -0.15) is 5.26 Å². The number of aryl methyl sites for hydroxylation is 1. The van der Waals surface area contributed by atoms with E-state index in [1.54, 1.807) is 13.0 Å². The third-order valence-corrected chi connectivity index (χ3v) is 1.32. The van der Waals surface area contributed by atoms with Crippen molar-refractivity contribution in [3.05, 3.63) is 33.7 Å². The lowest BCUT2D eigenvalue weighted by Crippen LogP contribution is -2.06. The van der Waals surface area contributed by atoms with E-state index in [0.717, 1.165) is 11.3 Å². The van der Waals surface area contributed by atoms with E-state index >= 15 is 0 Å². The minimum absolute atomic E-state index is 0.143. The molecule has 0 amide bonds. The van der Waals surface area contributed by atoms with Gasteiger partial charge in [0.15, 0.2) is 0 Å². The predicted octanol–water partition coefficient (Wildman–Crippen LogP) is 0.749. The summed E-state index contributed by atoms with van der Waals surface area (Å²) in [5, 5.41) is 8.34. The number of aromatic nitrogens is 1. The first-order valence-corrected chi connectivity index (χ1v) is 3.29. The fraction of sp³-hybridized carbons (Fsp3) is 0.250. The van der Waals surface area contributed by atoms with E-state index in [-0.39, 0.29) is 5.56 Å². The average molecular weight is 148 g/mol. The normalized spacial score (nSPS) is 9.09. The highest BCUT2D eigenvalue weighted by atomic mass is 16.1. The van der Waals surface area contributed by atoms with Crippen LogP contribution in [0.15, 0.2) is 16.9 Å². The fourth-order valence-electron chi connectivity index (χ4n) is 0.948. The summed E-state index contributed by atoms with van der Waals surface area (Å²) in [6.45, 7) is 1.79. The molecular formula is C8H8N2O. The standard InChI is InChI=1S/C8H8N2O/c1-6-4-7(2-3-9)5-8(11)10-6/h4-5H,2H2,1H3,(H,10,11). The average Bonchev–Trinajstić information content (AvgIpc) is 1.85. The highest BCUT2D eigenvalue weighted by Gasteiger charge is 1.93. The van der Waals surface area contributed by atoms with Gasteiger partial charge >= 0.3 is 0 Å². The Balaban J connectivity index is 3.11. The van der Waals surface area contributed by atoms with Gasteiger partial charge in [-0.3, -0.25) is 4.79 Å². The predicted molar refractivity (Wildman–Crippen MR) is 41.1 cm³/mol. The van der Waals surface area contributed by atoms with E-state index in [4.69, 9.17) is 5.26 Å². The SMILES string of the molecule is Cc1cc(CC#N)cc(=O)[nH]1. The largest absolute Gasteiger partial charge is 0.326 e. The number of hydrogen-bond acceptors (Lipinski definition) is 2. The molecule has 0 atom stereocenters. The molecule has 0 aromatic carbocycles. The van der Waals surface area contributed by atoms with E-state index in [2.05, 4.69) is 4.98 Å². The minimum Gasteiger partial charge on any atom is -0.326 e. The molecule has 0 saturated carbocycles. The Morgan fingerprint density at radius 3 is 2.91 bits per heavy atom. The molecule has 56 valence electrons. The van der Waals surface area contributed by atoms with Crippen molar-refractivity contribution in [1.29, 1.82) is 5.26 Å². The second kappa shape index (κ2) is 3.02. The number of hydrogen-bond donors (Lipinski definition) is 1. The van der Waals surface area contributed by atoms with E-state index in [9.17, 15) is 4.79 Å². The van der Waals surface area contributed by atoms with E-state index in [1.807, 2.05) is 6.07 Å². The molecule has 0 aliphatic heterocycles. The number of pyridine rings is 1. The second-order valence-electron chi connectivity index (χ2n) is 2.37. The van der Waals surface area contributed by atoms with E-state index in [0.29, 0.717) is 6.42 Å². The Morgan fingerprint density at radius 1 is 1.64 bits per heavy atom. The lowest BCUT2D eigenvalue weighted by molar-refractivity contribution is 1.10. The lowest BCUT2D eigenvalue weighted by atomic mass is 10.2. The number of nitrogens with one attached hydrogen (secondary N) is 1. The zero-order valence-corrected chi connectivity index (χ0v) is 6.22. The molecule has 0 bridgehead atoms. The topological polar surface area (TPSA) is 56.6 Å². The molecule has 0 spiro atoms. The van der Waals surface area contributed by atoms with E-state index < -0.39 is 0 Å². The van der Waals surface area contributed by atoms with Gasteiger partial charge in [0.2, 0.25) is 5.56 Å². The van der Waals surface area contributed by atoms with Crippen molar-refractivity contribution in [2.24, 2.45) is 0 Å². The van der Waals surface area contributed by atoms with Crippen LogP contribution < -0.4 is 5.56 Å². The van der Waals surface area contributed by atoms with Gasteiger partial charge in [0.25, 0.3) is 0 Å². The second-order valence-corrected chi connectivity index (χ2v) is 2.37. The summed E-state index contributed by atoms with van der Waals surface area (Å²) in [5.41, 5.74) is 1.42. The molecular weight excluding hydrogens is 140 g/mol. The van der Waals surface area contributed by atoms with Crippen LogP contribution in [0.2, 0.25) is 0 Å². The molecule has 0 unspecified atom stereocenters. The molecule has 3 heteroatoms. The molecule has 1 N–H and O–H groups in total. The first-order valence-electron chi connectivity index (χ1n) is 3.29. The summed E-state index contributed by atoms with van der Waals surface area (Å²) >= 11 is 0. The zero-order chi connectivity index (χ0) is 8.27. The quantitative estimate of drug-likeness (QED) is 0.638. The molecule has 0 fully saturated rings. The van der Waals surface area contributed by atoms with Gasteiger partial charge in [-0.25, -0.2) is 0 Å². The number of aromatic amines is 1. The molecule has 0 saturated heterocycles. The van der Waals surface area contributed by atoms with Crippen LogP contribution in [0, 0.1) is 18.3 Å². The summed E-state index contributed by atoms with van der Waals surface area (Å²) in [6.07, 6.45) is 0.296. The summed E-state index contributed by atoms with van der Waals surface area (Å²) < 4.78 is 0. The van der Waals surface area contributed by atoms with Crippen molar-refractivity contribution in [2.75, 3.05) is 0 Å². The van der Waals surface area contributed by atoms with Crippen LogP contribution in [0.5, 0.6) is 0 Å². The number of H-pyrrole nitrogens is 1. The number of rotatable bonds is 1. The maximum atomic E-state index is 10.8. The summed E-state index contributed by atoms with van der Waals surface area (Å²) in [5.74, 6) is 0. The van der Waals surface area contributed by atoms with Crippen LogP contribution in [-0.4, -0.2) is 4.98 Å². The molecule has 11 heavy (non-hydrogen) atoms. The Bertz CT molecular complexity index is 346. The summed E-state index contributed by atoms with van der Waals surface area (Å²) in [7, 11) is 0. The van der Waals surface area contributed by atoms with Crippen LogP contribution in [-0.2, 0) is 6.42 Å². The van der Waals surface area contributed by atoms with Crippen molar-refractivity contribution in [1.82, 2.24) is 4.98 Å². The third-order valence-electron chi connectivity index (χ3n) is 1.32.